The average molecular weight is 314 g/mol. The van der Waals surface area contributed by atoms with E-state index in [1.807, 2.05) is 18.2 Å². The van der Waals surface area contributed by atoms with Gasteiger partial charge < -0.3 is 5.32 Å². The van der Waals surface area contributed by atoms with E-state index in [0.717, 1.165) is 30.7 Å². The maximum atomic E-state index is 11.8. The molecule has 0 aromatic heterocycles. The van der Waals surface area contributed by atoms with Crippen molar-refractivity contribution in [1.29, 1.82) is 0 Å². The molecular weight excluding hydrogens is 294 g/mol. The van der Waals surface area contributed by atoms with Crippen molar-refractivity contribution in [3.05, 3.63) is 34.9 Å². The van der Waals surface area contributed by atoms with Crippen LogP contribution in [0, 0.1) is 0 Å². The van der Waals surface area contributed by atoms with Gasteiger partial charge in [0.25, 0.3) is 0 Å². The molecular formula is C15H20ClNO2S. The van der Waals surface area contributed by atoms with Crippen LogP contribution in [-0.4, -0.2) is 32.0 Å². The second-order valence-electron chi connectivity index (χ2n) is 5.93. The van der Waals surface area contributed by atoms with Crippen LogP contribution in [0.5, 0.6) is 0 Å². The highest BCUT2D eigenvalue weighted by Crippen LogP contribution is 2.40. The Morgan fingerprint density at radius 1 is 1.25 bits per heavy atom. The molecule has 1 heterocycles. The Morgan fingerprint density at radius 2 is 2.00 bits per heavy atom. The first-order chi connectivity index (χ1) is 9.56. The third-order valence-electron chi connectivity index (χ3n) is 4.58. The van der Waals surface area contributed by atoms with Crippen molar-refractivity contribution in [2.45, 2.75) is 42.9 Å². The van der Waals surface area contributed by atoms with Crippen LogP contribution in [0.2, 0.25) is 5.02 Å². The van der Waals surface area contributed by atoms with E-state index >= 15 is 0 Å². The first-order valence-electron chi connectivity index (χ1n) is 7.25. The zero-order chi connectivity index (χ0) is 14.2. The Balaban J connectivity index is 1.48. The SMILES string of the molecule is O=S1(=O)CCCC1CNC1CC(c2ccccc2Cl)C1. The predicted octanol–water partition coefficient (Wildman–Crippen LogP) is 2.75. The fraction of sp³-hybridized carbons (Fsp3) is 0.600. The molecule has 1 aliphatic heterocycles. The van der Waals surface area contributed by atoms with Crippen LogP contribution in [-0.2, 0) is 9.84 Å². The number of sulfone groups is 1. The minimum absolute atomic E-state index is 0.165. The molecule has 1 aromatic carbocycles. The molecule has 2 aliphatic rings. The Hall–Kier alpha value is -0.580. The lowest BCUT2D eigenvalue weighted by atomic mass is 9.76. The standard InChI is InChI=1S/C15H20ClNO2S/c16-15-6-2-1-5-14(15)11-8-12(9-11)17-10-13-4-3-7-20(13,18)19/h1-2,5-6,11-13,17H,3-4,7-10H2. The van der Waals surface area contributed by atoms with Crippen LogP contribution in [0.3, 0.4) is 0 Å². The Morgan fingerprint density at radius 3 is 2.65 bits per heavy atom. The van der Waals surface area contributed by atoms with Crippen LogP contribution < -0.4 is 5.32 Å². The Labute approximate surface area is 125 Å². The smallest absolute Gasteiger partial charge is 0.154 e. The summed E-state index contributed by atoms with van der Waals surface area (Å²) in [5.74, 6) is 0.882. The third kappa shape index (κ3) is 2.87. The quantitative estimate of drug-likeness (QED) is 0.929. The highest BCUT2D eigenvalue weighted by molar-refractivity contribution is 7.92. The molecule has 1 saturated carbocycles. The number of benzene rings is 1. The summed E-state index contributed by atoms with van der Waals surface area (Å²) in [6, 6.07) is 8.43. The molecule has 3 rings (SSSR count). The van der Waals surface area contributed by atoms with Crippen LogP contribution in [0.4, 0.5) is 0 Å². The average Bonchev–Trinajstić information content (AvgIpc) is 2.69. The van der Waals surface area contributed by atoms with E-state index in [2.05, 4.69) is 11.4 Å². The van der Waals surface area contributed by atoms with Crippen molar-refractivity contribution in [2.75, 3.05) is 12.3 Å². The summed E-state index contributed by atoms with van der Waals surface area (Å²) in [6.07, 6.45) is 3.74. The fourth-order valence-electron chi connectivity index (χ4n) is 3.23. The minimum atomic E-state index is -2.82. The molecule has 0 radical (unpaired) electrons. The van der Waals surface area contributed by atoms with Crippen LogP contribution in [0.25, 0.3) is 0 Å². The van der Waals surface area contributed by atoms with Gasteiger partial charge in [-0.1, -0.05) is 29.8 Å². The van der Waals surface area contributed by atoms with E-state index < -0.39 is 9.84 Å². The molecule has 2 fully saturated rings. The van der Waals surface area contributed by atoms with Crippen molar-refractivity contribution < 1.29 is 8.42 Å². The van der Waals surface area contributed by atoms with Crippen molar-refractivity contribution >= 4 is 21.4 Å². The fourth-order valence-corrected chi connectivity index (χ4v) is 5.30. The van der Waals surface area contributed by atoms with Gasteiger partial charge in [0.15, 0.2) is 9.84 Å². The number of nitrogens with one attached hydrogen (secondary N) is 1. The highest BCUT2D eigenvalue weighted by atomic mass is 35.5. The van der Waals surface area contributed by atoms with Gasteiger partial charge in [-0.15, -0.1) is 0 Å². The van der Waals surface area contributed by atoms with E-state index in [4.69, 9.17) is 11.6 Å². The largest absolute Gasteiger partial charge is 0.313 e. The lowest BCUT2D eigenvalue weighted by Gasteiger charge is -2.37. The molecule has 5 heteroatoms. The molecule has 3 nitrogen and oxygen atoms in total. The molecule has 110 valence electrons. The number of hydrogen-bond acceptors (Lipinski definition) is 3. The van der Waals surface area contributed by atoms with Gasteiger partial charge >= 0.3 is 0 Å². The molecule has 0 spiro atoms. The van der Waals surface area contributed by atoms with Crippen LogP contribution in [0.1, 0.15) is 37.2 Å². The Bertz CT molecular complexity index is 581. The van der Waals surface area contributed by atoms with Gasteiger partial charge in [0.05, 0.1) is 11.0 Å². The summed E-state index contributed by atoms with van der Waals surface area (Å²) in [5, 5.41) is 4.09. The molecule has 1 N–H and O–H groups in total. The zero-order valence-corrected chi connectivity index (χ0v) is 13.0. The van der Waals surface area contributed by atoms with Crippen molar-refractivity contribution in [1.82, 2.24) is 5.32 Å². The van der Waals surface area contributed by atoms with Crippen molar-refractivity contribution in [3.63, 3.8) is 0 Å². The number of hydrogen-bond donors (Lipinski definition) is 1. The van der Waals surface area contributed by atoms with Crippen molar-refractivity contribution in [2.24, 2.45) is 0 Å². The van der Waals surface area contributed by atoms with Gasteiger partial charge in [0.2, 0.25) is 0 Å². The van der Waals surface area contributed by atoms with E-state index in [1.54, 1.807) is 0 Å². The predicted molar refractivity (Wildman–Crippen MR) is 82.0 cm³/mol. The van der Waals surface area contributed by atoms with Crippen LogP contribution >= 0.6 is 11.6 Å². The molecule has 1 aliphatic carbocycles. The summed E-state index contributed by atoms with van der Waals surface area (Å²) >= 11 is 6.20. The van der Waals surface area contributed by atoms with E-state index in [1.165, 1.54) is 5.56 Å². The minimum Gasteiger partial charge on any atom is -0.313 e. The lowest BCUT2D eigenvalue weighted by molar-refractivity contribution is 0.291. The zero-order valence-electron chi connectivity index (χ0n) is 11.4. The van der Waals surface area contributed by atoms with Crippen molar-refractivity contribution in [3.8, 4) is 0 Å². The first kappa shape index (κ1) is 14.4. The molecule has 1 unspecified atom stereocenters. The van der Waals surface area contributed by atoms with E-state index in [0.29, 0.717) is 24.3 Å². The first-order valence-corrected chi connectivity index (χ1v) is 9.35. The van der Waals surface area contributed by atoms with Gasteiger partial charge in [0, 0.05) is 17.6 Å². The van der Waals surface area contributed by atoms with Gasteiger partial charge in [-0.25, -0.2) is 8.42 Å². The lowest BCUT2D eigenvalue weighted by Crippen LogP contribution is -2.44. The van der Waals surface area contributed by atoms with Gasteiger partial charge in [-0.05, 0) is 43.2 Å². The van der Waals surface area contributed by atoms with Gasteiger partial charge in [0.1, 0.15) is 0 Å². The number of rotatable bonds is 4. The monoisotopic (exact) mass is 313 g/mol. The maximum Gasteiger partial charge on any atom is 0.154 e. The molecule has 1 aromatic rings. The second-order valence-corrected chi connectivity index (χ2v) is 8.73. The van der Waals surface area contributed by atoms with E-state index in [9.17, 15) is 8.42 Å². The summed E-state index contributed by atoms with van der Waals surface area (Å²) in [5.41, 5.74) is 1.22. The van der Waals surface area contributed by atoms with Gasteiger partial charge in [-0.2, -0.15) is 0 Å². The van der Waals surface area contributed by atoms with Crippen LogP contribution in [0.15, 0.2) is 24.3 Å². The molecule has 0 amide bonds. The highest BCUT2D eigenvalue weighted by Gasteiger charge is 2.35. The van der Waals surface area contributed by atoms with Gasteiger partial charge in [-0.3, -0.25) is 0 Å². The van der Waals surface area contributed by atoms with E-state index in [-0.39, 0.29) is 5.25 Å². The maximum absolute atomic E-state index is 11.8. The summed E-state index contributed by atoms with van der Waals surface area (Å²) in [7, 11) is -2.82. The topological polar surface area (TPSA) is 46.2 Å². The third-order valence-corrected chi connectivity index (χ3v) is 7.20. The summed E-state index contributed by atoms with van der Waals surface area (Å²) < 4.78 is 23.5. The Kier molecular flexibility index (Phi) is 4.07. The molecule has 0 bridgehead atoms. The normalized spacial score (nSPS) is 31.9. The molecule has 20 heavy (non-hydrogen) atoms. The summed E-state index contributed by atoms with van der Waals surface area (Å²) in [6.45, 7) is 0.613. The second kappa shape index (κ2) is 5.66. The summed E-state index contributed by atoms with van der Waals surface area (Å²) in [4.78, 5) is 0. The molecule has 1 saturated heterocycles. The number of halogens is 1. The molecule has 1 atom stereocenters.